The fourth-order valence-corrected chi connectivity index (χ4v) is 3.93. The molecule has 1 aliphatic rings. The zero-order chi connectivity index (χ0) is 20.0. The molecule has 1 aliphatic heterocycles. The van der Waals surface area contributed by atoms with Crippen LogP contribution in [0.5, 0.6) is 11.6 Å². The summed E-state index contributed by atoms with van der Waals surface area (Å²) in [5.41, 5.74) is 2.54. The zero-order valence-corrected chi connectivity index (χ0v) is 16.9. The van der Waals surface area contributed by atoms with Crippen molar-refractivity contribution in [2.45, 2.75) is 19.4 Å². The Labute approximate surface area is 170 Å². The zero-order valence-electron chi connectivity index (χ0n) is 15.4. The first-order valence-electron chi connectivity index (χ1n) is 8.56. The molecule has 0 saturated heterocycles. The van der Waals surface area contributed by atoms with Gasteiger partial charge in [-0.1, -0.05) is 23.2 Å². The van der Waals surface area contributed by atoms with Crippen LogP contribution < -0.4 is 9.47 Å². The number of ether oxygens (including phenoxy) is 2. The first-order chi connectivity index (χ1) is 13.5. The number of fused-ring (bicyclic) bond motifs is 3. The van der Waals surface area contributed by atoms with Crippen LogP contribution in [0.3, 0.4) is 0 Å². The van der Waals surface area contributed by atoms with Crippen molar-refractivity contribution in [2.75, 3.05) is 20.8 Å². The Bertz CT molecular complexity index is 1070. The quantitative estimate of drug-likeness (QED) is 0.650. The summed E-state index contributed by atoms with van der Waals surface area (Å²) < 4.78 is 10.5. The van der Waals surface area contributed by atoms with Gasteiger partial charge in [-0.05, 0) is 6.92 Å². The Morgan fingerprint density at radius 3 is 2.61 bits per heavy atom. The lowest BCUT2D eigenvalue weighted by Crippen LogP contribution is -2.39. The molecule has 3 aromatic rings. The van der Waals surface area contributed by atoms with Gasteiger partial charge >= 0.3 is 0 Å². The van der Waals surface area contributed by atoms with Gasteiger partial charge in [0.2, 0.25) is 11.7 Å². The highest BCUT2D eigenvalue weighted by molar-refractivity contribution is 6.44. The number of H-pyrrole nitrogens is 1. The number of hydrogen-bond donors (Lipinski definition) is 1. The largest absolute Gasteiger partial charge is 0.494 e. The van der Waals surface area contributed by atoms with Gasteiger partial charge in [0.05, 0.1) is 43.6 Å². The molecular weight excluding hydrogens is 405 g/mol. The summed E-state index contributed by atoms with van der Waals surface area (Å²) in [6.07, 6.45) is 3.56. The number of nitrogens with zero attached hydrogens (tertiary/aromatic N) is 4. The van der Waals surface area contributed by atoms with E-state index >= 15 is 0 Å². The predicted molar refractivity (Wildman–Crippen MR) is 104 cm³/mol. The third-order valence-corrected chi connectivity index (χ3v) is 5.67. The number of hydrogen-bond acceptors (Lipinski definition) is 6. The van der Waals surface area contributed by atoms with Gasteiger partial charge < -0.3 is 19.4 Å². The van der Waals surface area contributed by atoms with Gasteiger partial charge in [-0.3, -0.25) is 4.79 Å². The molecule has 146 valence electrons. The van der Waals surface area contributed by atoms with E-state index in [-0.39, 0.29) is 22.9 Å². The Balaban J connectivity index is 1.78. The van der Waals surface area contributed by atoms with E-state index in [1.54, 1.807) is 4.90 Å². The van der Waals surface area contributed by atoms with Crippen LogP contribution in [0.2, 0.25) is 10.2 Å². The van der Waals surface area contributed by atoms with E-state index in [0.717, 1.165) is 16.6 Å². The van der Waals surface area contributed by atoms with Crippen LogP contribution in [-0.4, -0.2) is 51.5 Å². The molecule has 0 unspecified atom stereocenters. The molecule has 1 atom stereocenters. The lowest BCUT2D eigenvalue weighted by atomic mass is 9.97. The van der Waals surface area contributed by atoms with E-state index in [1.165, 1.54) is 26.6 Å². The predicted octanol–water partition coefficient (Wildman–Crippen LogP) is 3.44. The van der Waals surface area contributed by atoms with Gasteiger partial charge in [-0.2, -0.15) is 4.98 Å². The van der Waals surface area contributed by atoms with Crippen molar-refractivity contribution in [3.63, 3.8) is 0 Å². The molecule has 0 aromatic carbocycles. The number of nitrogens with one attached hydrogen (secondary N) is 1. The molecule has 0 aliphatic carbocycles. The van der Waals surface area contributed by atoms with Crippen LogP contribution in [-0.2, 0) is 6.42 Å². The molecule has 4 rings (SSSR count). The first-order valence-corrected chi connectivity index (χ1v) is 9.32. The van der Waals surface area contributed by atoms with Crippen LogP contribution in [0.25, 0.3) is 10.9 Å². The molecule has 0 bridgehead atoms. The third-order valence-electron chi connectivity index (χ3n) is 4.93. The van der Waals surface area contributed by atoms with E-state index < -0.39 is 0 Å². The van der Waals surface area contributed by atoms with Crippen LogP contribution in [0, 0.1) is 0 Å². The minimum absolute atomic E-state index is 0.113. The maximum Gasteiger partial charge on any atom is 0.292 e. The second-order valence-corrected chi connectivity index (χ2v) is 7.10. The summed E-state index contributed by atoms with van der Waals surface area (Å²) >= 11 is 12.5. The molecular formula is C18H17Cl2N5O3. The Morgan fingerprint density at radius 1 is 1.25 bits per heavy atom. The average molecular weight is 422 g/mol. The fraction of sp³-hybridized carbons (Fsp3) is 0.333. The molecule has 3 aromatic heterocycles. The standard InChI is InChI=1S/C18H17Cl2N5O3/c1-8-11-10(23-14-12(11)17(28-3)24-15(20)13(14)19)4-5-25(8)18(26)16-21-6-9(27-2)7-22-16/h6-8,23H,4-5H2,1-3H3/t8-/m1/s1. The monoisotopic (exact) mass is 421 g/mol. The maximum atomic E-state index is 13.0. The van der Waals surface area contributed by atoms with Crippen molar-refractivity contribution < 1.29 is 14.3 Å². The molecule has 4 heterocycles. The average Bonchev–Trinajstić information content (AvgIpc) is 3.11. The molecule has 8 nitrogen and oxygen atoms in total. The summed E-state index contributed by atoms with van der Waals surface area (Å²) in [5, 5.41) is 1.22. The number of carbonyl (C=O) groups is 1. The summed E-state index contributed by atoms with van der Waals surface area (Å²) in [5.74, 6) is 0.706. The first kappa shape index (κ1) is 18.8. The van der Waals surface area contributed by atoms with Crippen molar-refractivity contribution in [2.24, 2.45) is 0 Å². The smallest absolute Gasteiger partial charge is 0.292 e. The number of carbonyl (C=O) groups excluding carboxylic acids is 1. The van der Waals surface area contributed by atoms with Gasteiger partial charge in [-0.25, -0.2) is 9.97 Å². The highest BCUT2D eigenvalue weighted by atomic mass is 35.5. The molecule has 1 N–H and O–H groups in total. The SMILES string of the molecule is COc1cnc(C(=O)N2CCc3[nH]c4c(Cl)c(Cl)nc(OC)c4c3[C@H]2C)nc1. The van der Waals surface area contributed by atoms with Crippen molar-refractivity contribution >= 4 is 40.0 Å². The van der Waals surface area contributed by atoms with Gasteiger partial charge in [0.1, 0.15) is 5.02 Å². The lowest BCUT2D eigenvalue weighted by molar-refractivity contribution is 0.0665. The Kier molecular flexibility index (Phi) is 4.76. The van der Waals surface area contributed by atoms with Crippen molar-refractivity contribution in [1.29, 1.82) is 0 Å². The number of amides is 1. The van der Waals surface area contributed by atoms with Crippen LogP contribution in [0.15, 0.2) is 12.4 Å². The van der Waals surface area contributed by atoms with E-state index in [0.29, 0.717) is 35.1 Å². The number of pyridine rings is 1. The molecule has 1 amide bonds. The topological polar surface area (TPSA) is 93.2 Å². The molecule has 0 saturated carbocycles. The van der Waals surface area contributed by atoms with Gasteiger partial charge in [0.15, 0.2) is 10.9 Å². The van der Waals surface area contributed by atoms with E-state index in [1.807, 2.05) is 6.92 Å². The van der Waals surface area contributed by atoms with Gasteiger partial charge in [0.25, 0.3) is 5.91 Å². The van der Waals surface area contributed by atoms with Crippen LogP contribution in [0.1, 0.15) is 34.8 Å². The minimum Gasteiger partial charge on any atom is -0.494 e. The van der Waals surface area contributed by atoms with Gasteiger partial charge in [0, 0.05) is 24.2 Å². The highest BCUT2D eigenvalue weighted by Gasteiger charge is 2.34. The van der Waals surface area contributed by atoms with E-state index in [2.05, 4.69) is 19.9 Å². The van der Waals surface area contributed by atoms with Crippen LogP contribution in [0.4, 0.5) is 0 Å². The van der Waals surface area contributed by atoms with Crippen molar-refractivity contribution in [3.05, 3.63) is 39.7 Å². The third kappa shape index (κ3) is 2.84. The highest BCUT2D eigenvalue weighted by Crippen LogP contribution is 2.43. The number of methoxy groups -OCH3 is 2. The van der Waals surface area contributed by atoms with E-state index in [9.17, 15) is 4.79 Å². The molecule has 10 heteroatoms. The molecule has 28 heavy (non-hydrogen) atoms. The van der Waals surface area contributed by atoms with Gasteiger partial charge in [-0.15, -0.1) is 0 Å². The summed E-state index contributed by atoms with van der Waals surface area (Å²) in [6, 6.07) is -0.261. The second kappa shape index (κ2) is 7.10. The lowest BCUT2D eigenvalue weighted by Gasteiger charge is -2.33. The summed E-state index contributed by atoms with van der Waals surface area (Å²) in [7, 11) is 3.04. The van der Waals surface area contributed by atoms with Crippen molar-refractivity contribution in [3.8, 4) is 11.6 Å². The second-order valence-electron chi connectivity index (χ2n) is 6.36. The maximum absolute atomic E-state index is 13.0. The summed E-state index contributed by atoms with van der Waals surface area (Å²) in [6.45, 7) is 2.45. The Morgan fingerprint density at radius 2 is 1.96 bits per heavy atom. The Hall–Kier alpha value is -2.58. The molecule has 0 spiro atoms. The van der Waals surface area contributed by atoms with Crippen LogP contribution >= 0.6 is 23.2 Å². The fourth-order valence-electron chi connectivity index (χ4n) is 3.58. The van der Waals surface area contributed by atoms with E-state index in [4.69, 9.17) is 32.7 Å². The molecule has 0 fully saturated rings. The number of aromatic amines is 1. The van der Waals surface area contributed by atoms with Crippen molar-refractivity contribution in [1.82, 2.24) is 24.8 Å². The number of halogens is 2. The minimum atomic E-state index is -0.262. The summed E-state index contributed by atoms with van der Waals surface area (Å²) in [4.78, 5) is 30.5. The number of rotatable bonds is 3. The normalized spacial score (nSPS) is 16.2. The molecule has 0 radical (unpaired) electrons. The number of aromatic nitrogens is 4.